The van der Waals surface area contributed by atoms with Crippen LogP contribution in [0, 0.1) is 10.1 Å². The molecule has 1 fully saturated rings. The lowest BCUT2D eigenvalue weighted by Gasteiger charge is -2.19. The Bertz CT molecular complexity index is 2000. The van der Waals surface area contributed by atoms with Crippen LogP contribution in [0.1, 0.15) is 12.6 Å². The van der Waals surface area contributed by atoms with Gasteiger partial charge in [-0.25, -0.2) is 4.98 Å². The number of H-pyrrole nitrogens is 1. The average molecular weight is 527 g/mol. The molecule has 6 aromatic rings. The molecule has 196 valence electrons. The molecular weight excluding hydrogens is 506 g/mol. The molecule has 1 aliphatic rings. The second-order valence-electron chi connectivity index (χ2n) is 9.55. The first kappa shape index (κ1) is 23.3. The highest BCUT2D eigenvalue weighted by Gasteiger charge is 2.37. The Morgan fingerprint density at radius 1 is 1.10 bits per heavy atom. The largest absolute Gasteiger partial charge is 0.394 e. The van der Waals surface area contributed by atoms with Gasteiger partial charge in [-0.2, -0.15) is 4.98 Å². The number of imidazole rings is 1. The number of aromatic nitrogens is 4. The topological polar surface area (TPSA) is 194 Å². The average Bonchev–Trinajstić information content (AvgIpc) is 3.47. The summed E-state index contributed by atoms with van der Waals surface area (Å²) < 4.78 is 7.42. The van der Waals surface area contributed by atoms with E-state index in [1.54, 1.807) is 16.7 Å². The highest BCUT2D eigenvalue weighted by molar-refractivity contribution is 6.26. The zero-order valence-electron chi connectivity index (χ0n) is 20.2. The van der Waals surface area contributed by atoms with Crippen molar-refractivity contribution in [3.8, 4) is 0 Å². The summed E-state index contributed by atoms with van der Waals surface area (Å²) in [5.41, 5.74) is 6.10. The fraction of sp³-hybridized carbons (Fsp3) is 0.192. The molecule has 0 amide bonds. The number of aliphatic hydroxyl groups excluding tert-OH is 2. The molecule has 2 aromatic heterocycles. The number of ether oxygens (including phenoxy) is 1. The number of rotatable bonds is 5. The van der Waals surface area contributed by atoms with Gasteiger partial charge in [0.1, 0.15) is 12.3 Å². The Balaban J connectivity index is 1.44. The van der Waals surface area contributed by atoms with Gasteiger partial charge in [-0.05, 0) is 34.4 Å². The number of aromatic amines is 1. The van der Waals surface area contributed by atoms with E-state index in [1.165, 1.54) is 6.07 Å². The van der Waals surface area contributed by atoms with Crippen molar-refractivity contribution in [1.29, 1.82) is 0 Å². The van der Waals surface area contributed by atoms with E-state index >= 15 is 0 Å². The molecule has 0 bridgehead atoms. The smallest absolute Gasteiger partial charge is 0.280 e. The molecule has 7 rings (SSSR count). The molecule has 13 heteroatoms. The SMILES string of the molecule is Nc1nc2c(nc(Nc3ccc4ccc5c([N+](=O)[O-])ccc6ccc3c4c65)n2[C@H]2C[C@H](O)[C@@H](CO)O2)c(=O)[nH]1. The van der Waals surface area contributed by atoms with Crippen molar-refractivity contribution < 1.29 is 19.9 Å². The van der Waals surface area contributed by atoms with Crippen LogP contribution >= 0.6 is 0 Å². The van der Waals surface area contributed by atoms with Crippen molar-refractivity contribution >= 4 is 66.8 Å². The number of nitrogen functional groups attached to an aromatic ring is 1. The van der Waals surface area contributed by atoms with Crippen molar-refractivity contribution in [3.63, 3.8) is 0 Å². The van der Waals surface area contributed by atoms with Crippen LogP contribution in [0.25, 0.3) is 43.5 Å². The van der Waals surface area contributed by atoms with Gasteiger partial charge in [0.2, 0.25) is 11.9 Å². The van der Waals surface area contributed by atoms with Gasteiger partial charge in [-0.1, -0.05) is 24.3 Å². The van der Waals surface area contributed by atoms with Gasteiger partial charge in [0, 0.05) is 28.9 Å². The van der Waals surface area contributed by atoms with Gasteiger partial charge in [0.15, 0.2) is 11.2 Å². The summed E-state index contributed by atoms with van der Waals surface area (Å²) in [5, 5.41) is 39.7. The lowest BCUT2D eigenvalue weighted by Crippen LogP contribution is -2.24. The number of anilines is 3. The summed E-state index contributed by atoms with van der Waals surface area (Å²) in [6, 6.07) is 14.4. The maximum atomic E-state index is 12.7. The normalized spacial score (nSPS) is 19.6. The molecule has 0 saturated carbocycles. The summed E-state index contributed by atoms with van der Waals surface area (Å²) >= 11 is 0. The van der Waals surface area contributed by atoms with Crippen LogP contribution in [-0.4, -0.2) is 53.5 Å². The molecule has 1 saturated heterocycles. The molecule has 3 atom stereocenters. The minimum Gasteiger partial charge on any atom is -0.394 e. The summed E-state index contributed by atoms with van der Waals surface area (Å²) in [7, 11) is 0. The van der Waals surface area contributed by atoms with Crippen LogP contribution in [0.3, 0.4) is 0 Å². The molecular formula is C26H21N7O6. The molecule has 0 aliphatic carbocycles. The van der Waals surface area contributed by atoms with Crippen molar-refractivity contribution in [3.05, 3.63) is 69.0 Å². The van der Waals surface area contributed by atoms with E-state index < -0.39 is 24.0 Å². The van der Waals surface area contributed by atoms with Crippen molar-refractivity contribution in [2.24, 2.45) is 0 Å². The Morgan fingerprint density at radius 3 is 2.51 bits per heavy atom. The molecule has 1 aliphatic heterocycles. The van der Waals surface area contributed by atoms with Gasteiger partial charge in [0.05, 0.1) is 23.0 Å². The first-order valence-corrected chi connectivity index (χ1v) is 12.2. The Labute approximate surface area is 217 Å². The summed E-state index contributed by atoms with van der Waals surface area (Å²) in [6.45, 7) is -0.385. The number of hydrogen-bond acceptors (Lipinski definition) is 10. The first-order chi connectivity index (χ1) is 18.8. The third-order valence-corrected chi connectivity index (χ3v) is 7.33. The maximum absolute atomic E-state index is 12.7. The van der Waals surface area contributed by atoms with Gasteiger partial charge in [-0.15, -0.1) is 0 Å². The third kappa shape index (κ3) is 3.41. The number of nitrogens with one attached hydrogen (secondary N) is 2. The summed E-state index contributed by atoms with van der Waals surface area (Å²) in [4.78, 5) is 35.2. The second kappa shape index (κ2) is 8.33. The number of nitrogens with two attached hydrogens (primary N) is 1. The standard InChI is InChI=1S/C26H21N7O6/c27-25-30-23-22(24(36)31-25)29-26(32(23)19-9-17(35)18(10-34)39-19)28-15-7-3-11-2-6-14-16(33(37)38)8-4-12-1-5-13(15)20(11)21(12)14/h1-8,17-19,34-35H,9-10H2,(H,28,29)(H3,27,30,31,36)/t17-,18+,19+/m0/s1. The number of benzene rings is 4. The van der Waals surface area contributed by atoms with Crippen LogP contribution in [-0.2, 0) is 4.74 Å². The Hall–Kier alpha value is -4.85. The number of aliphatic hydroxyl groups is 2. The quantitative estimate of drug-likeness (QED) is 0.126. The molecule has 6 N–H and O–H groups in total. The monoisotopic (exact) mass is 527 g/mol. The molecule has 39 heavy (non-hydrogen) atoms. The number of hydrogen-bond donors (Lipinski definition) is 5. The Kier molecular flexibility index (Phi) is 4.97. The second-order valence-corrected chi connectivity index (χ2v) is 9.55. The van der Waals surface area contributed by atoms with E-state index in [9.17, 15) is 25.1 Å². The number of nitro benzene ring substituents is 1. The van der Waals surface area contributed by atoms with Gasteiger partial charge < -0.3 is 26.0 Å². The highest BCUT2D eigenvalue weighted by atomic mass is 16.6. The number of nitro groups is 1. The minimum absolute atomic E-state index is 0.0191. The third-order valence-electron chi connectivity index (χ3n) is 7.33. The molecule has 13 nitrogen and oxygen atoms in total. The van der Waals surface area contributed by atoms with E-state index in [-0.39, 0.29) is 46.7 Å². The molecule has 3 heterocycles. The van der Waals surface area contributed by atoms with E-state index in [2.05, 4.69) is 20.3 Å². The predicted molar refractivity (Wildman–Crippen MR) is 144 cm³/mol. The van der Waals surface area contributed by atoms with Crippen LogP contribution < -0.4 is 16.6 Å². The lowest BCUT2D eigenvalue weighted by atomic mass is 9.93. The zero-order chi connectivity index (χ0) is 27.0. The predicted octanol–water partition coefficient (Wildman–Crippen LogP) is 2.89. The maximum Gasteiger partial charge on any atom is 0.280 e. The number of fused-ring (bicyclic) bond motifs is 1. The van der Waals surface area contributed by atoms with E-state index in [0.29, 0.717) is 11.1 Å². The van der Waals surface area contributed by atoms with Crippen molar-refractivity contribution in [1.82, 2.24) is 19.5 Å². The lowest BCUT2D eigenvalue weighted by molar-refractivity contribution is -0.383. The molecule has 0 spiro atoms. The van der Waals surface area contributed by atoms with Gasteiger partial charge in [-0.3, -0.25) is 24.5 Å². The van der Waals surface area contributed by atoms with E-state index in [1.807, 2.05) is 30.3 Å². The molecule has 4 aromatic carbocycles. The molecule has 0 radical (unpaired) electrons. The first-order valence-electron chi connectivity index (χ1n) is 12.2. The summed E-state index contributed by atoms with van der Waals surface area (Å²) in [6.07, 6.45) is -2.41. The van der Waals surface area contributed by atoms with Crippen LogP contribution in [0.5, 0.6) is 0 Å². The van der Waals surface area contributed by atoms with Crippen molar-refractivity contribution in [2.75, 3.05) is 17.7 Å². The van der Waals surface area contributed by atoms with Gasteiger partial charge in [0.25, 0.3) is 11.2 Å². The molecule has 0 unspecified atom stereocenters. The minimum atomic E-state index is -0.935. The fourth-order valence-corrected chi connectivity index (χ4v) is 5.57. The Morgan fingerprint density at radius 2 is 1.79 bits per heavy atom. The van der Waals surface area contributed by atoms with E-state index in [0.717, 1.165) is 26.9 Å². The summed E-state index contributed by atoms with van der Waals surface area (Å²) in [5.74, 6) is 0.104. The zero-order valence-corrected chi connectivity index (χ0v) is 20.2. The number of non-ortho nitro benzene ring substituents is 1. The number of nitrogens with zero attached hydrogens (tertiary/aromatic N) is 4. The van der Waals surface area contributed by atoms with Crippen LogP contribution in [0.2, 0.25) is 0 Å². The van der Waals surface area contributed by atoms with Gasteiger partial charge >= 0.3 is 0 Å². The fourth-order valence-electron chi connectivity index (χ4n) is 5.57. The highest BCUT2D eigenvalue weighted by Crippen LogP contribution is 2.42. The van der Waals surface area contributed by atoms with E-state index in [4.69, 9.17) is 10.5 Å². The van der Waals surface area contributed by atoms with Crippen LogP contribution in [0.4, 0.5) is 23.3 Å². The van der Waals surface area contributed by atoms with Crippen LogP contribution in [0.15, 0.2) is 53.3 Å². The van der Waals surface area contributed by atoms with Crippen molar-refractivity contribution in [2.45, 2.75) is 24.9 Å².